The normalized spacial score (nSPS) is 10.8. The second kappa shape index (κ2) is 11.9. The van der Waals surface area contributed by atoms with Gasteiger partial charge in [0, 0.05) is 43.2 Å². The Labute approximate surface area is 206 Å². The molecule has 0 spiro atoms. The lowest BCUT2D eigenvalue weighted by Gasteiger charge is -2.22. The van der Waals surface area contributed by atoms with Gasteiger partial charge in [-0.3, -0.25) is 9.78 Å². The summed E-state index contributed by atoms with van der Waals surface area (Å²) in [7, 11) is 0. The first kappa shape index (κ1) is 24.1. The highest BCUT2D eigenvalue weighted by atomic mass is 16.5. The van der Waals surface area contributed by atoms with Crippen LogP contribution in [0.5, 0.6) is 5.88 Å². The first-order chi connectivity index (χ1) is 17.2. The predicted octanol–water partition coefficient (Wildman–Crippen LogP) is 5.53. The van der Waals surface area contributed by atoms with Crippen molar-refractivity contribution in [2.75, 3.05) is 29.9 Å². The van der Waals surface area contributed by atoms with Crippen LogP contribution in [0, 0.1) is 0 Å². The molecule has 0 atom stereocenters. The summed E-state index contributed by atoms with van der Waals surface area (Å²) in [5.41, 5.74) is 1.92. The maximum atomic E-state index is 13.2. The first-order valence-corrected chi connectivity index (χ1v) is 12.1. The van der Waals surface area contributed by atoms with Crippen molar-refractivity contribution in [3.8, 4) is 5.88 Å². The molecule has 4 aromatic rings. The molecule has 1 amide bonds. The fraction of sp³-hybridized carbons (Fsp3) is 0.286. The number of hydrogen-bond acceptors (Lipinski definition) is 6. The van der Waals surface area contributed by atoms with Crippen molar-refractivity contribution in [3.05, 3.63) is 84.3 Å². The van der Waals surface area contributed by atoms with E-state index in [1.807, 2.05) is 60.7 Å². The third-order valence-electron chi connectivity index (χ3n) is 5.53. The van der Waals surface area contributed by atoms with E-state index in [1.165, 1.54) is 0 Å². The third-order valence-corrected chi connectivity index (χ3v) is 5.53. The zero-order chi connectivity index (χ0) is 24.5. The Morgan fingerprint density at radius 2 is 1.69 bits per heavy atom. The highest BCUT2D eigenvalue weighted by Crippen LogP contribution is 2.21. The fourth-order valence-corrected chi connectivity index (χ4v) is 3.86. The molecule has 0 saturated carbocycles. The summed E-state index contributed by atoms with van der Waals surface area (Å²) in [4.78, 5) is 28.9. The lowest BCUT2D eigenvalue weighted by atomic mass is 10.1. The van der Waals surface area contributed by atoms with Crippen LogP contribution in [-0.2, 0) is 6.42 Å². The molecular weight excluding hydrogens is 438 g/mol. The molecule has 1 N–H and O–H groups in total. The van der Waals surface area contributed by atoms with Gasteiger partial charge in [-0.25, -0.2) is 4.98 Å². The molecule has 0 radical (unpaired) electrons. The number of nitrogens with one attached hydrogen (secondary N) is 1. The van der Waals surface area contributed by atoms with E-state index in [1.54, 1.807) is 12.3 Å². The third kappa shape index (κ3) is 6.53. The minimum Gasteiger partial charge on any atom is -0.477 e. The summed E-state index contributed by atoms with van der Waals surface area (Å²) >= 11 is 0. The van der Waals surface area contributed by atoms with Crippen LogP contribution in [0.25, 0.3) is 10.8 Å². The van der Waals surface area contributed by atoms with Gasteiger partial charge in [0.25, 0.3) is 5.91 Å². The minimum atomic E-state index is -0.300. The average Bonchev–Trinajstić information content (AvgIpc) is 2.89. The number of ether oxygens (including phenoxy) is 1. The molecule has 35 heavy (non-hydrogen) atoms. The van der Waals surface area contributed by atoms with Crippen LogP contribution in [-0.4, -0.2) is 40.6 Å². The van der Waals surface area contributed by atoms with Crippen LogP contribution < -0.4 is 15.0 Å². The maximum Gasteiger partial charge on any atom is 0.274 e. The zero-order valence-electron chi connectivity index (χ0n) is 20.3. The number of carbonyl (C=O) groups is 1. The van der Waals surface area contributed by atoms with E-state index in [4.69, 9.17) is 4.74 Å². The summed E-state index contributed by atoms with van der Waals surface area (Å²) in [6.07, 6.45) is 4.31. The smallest absolute Gasteiger partial charge is 0.274 e. The van der Waals surface area contributed by atoms with Crippen LogP contribution in [0.1, 0.15) is 42.9 Å². The summed E-state index contributed by atoms with van der Waals surface area (Å²) in [6, 6.07) is 21.3. The molecule has 0 unspecified atom stereocenters. The van der Waals surface area contributed by atoms with E-state index >= 15 is 0 Å². The molecule has 0 bridgehead atoms. The van der Waals surface area contributed by atoms with Crippen molar-refractivity contribution in [1.29, 1.82) is 0 Å². The topological polar surface area (TPSA) is 80.2 Å². The summed E-state index contributed by atoms with van der Waals surface area (Å²) in [5.74, 6) is 0.589. The van der Waals surface area contributed by atoms with Crippen molar-refractivity contribution in [1.82, 2.24) is 15.0 Å². The Hall–Kier alpha value is -4.00. The van der Waals surface area contributed by atoms with Gasteiger partial charge < -0.3 is 15.0 Å². The SMILES string of the molecule is CCCN(CCC)c1nc(OCCc2ccccn2)cc(C(=O)Nc2ccc3ccccc3c2)n1. The molecule has 2 aromatic carbocycles. The second-order valence-electron chi connectivity index (χ2n) is 8.31. The Balaban J connectivity index is 1.56. The molecule has 4 rings (SSSR count). The van der Waals surface area contributed by atoms with Gasteiger partial charge in [0.1, 0.15) is 5.69 Å². The summed E-state index contributed by atoms with van der Waals surface area (Å²) in [5, 5.41) is 5.15. The lowest BCUT2D eigenvalue weighted by molar-refractivity contribution is 0.102. The van der Waals surface area contributed by atoms with Crippen molar-refractivity contribution in [2.45, 2.75) is 33.1 Å². The van der Waals surface area contributed by atoms with Crippen molar-refractivity contribution >= 4 is 28.3 Å². The standard InChI is InChI=1S/C28H31N5O2/c1-3-16-33(17-4-2)28-31-25(20-26(32-28)35-18-14-23-11-7-8-15-29-23)27(34)30-24-13-12-21-9-5-6-10-22(21)19-24/h5-13,15,19-20H,3-4,14,16-18H2,1-2H3,(H,30,34). The van der Waals surface area contributed by atoms with Gasteiger partial charge in [0.05, 0.1) is 6.61 Å². The zero-order valence-corrected chi connectivity index (χ0v) is 20.3. The van der Waals surface area contributed by atoms with E-state index in [0.29, 0.717) is 30.5 Å². The molecule has 7 heteroatoms. The molecule has 180 valence electrons. The van der Waals surface area contributed by atoms with Gasteiger partial charge >= 0.3 is 0 Å². The molecular formula is C28H31N5O2. The Bertz CT molecular complexity index is 1260. The van der Waals surface area contributed by atoms with Gasteiger partial charge in [-0.1, -0.05) is 50.2 Å². The molecule has 2 heterocycles. The number of pyridine rings is 1. The van der Waals surface area contributed by atoms with Crippen LogP contribution in [0.4, 0.5) is 11.6 Å². The predicted molar refractivity (Wildman–Crippen MR) is 140 cm³/mol. The van der Waals surface area contributed by atoms with Gasteiger partial charge in [-0.05, 0) is 47.9 Å². The molecule has 0 saturated heterocycles. The van der Waals surface area contributed by atoms with Gasteiger partial charge in [-0.15, -0.1) is 0 Å². The van der Waals surface area contributed by atoms with E-state index < -0.39 is 0 Å². The van der Waals surface area contributed by atoms with Crippen LogP contribution in [0.2, 0.25) is 0 Å². The average molecular weight is 470 g/mol. The summed E-state index contributed by atoms with van der Waals surface area (Å²) in [6.45, 7) is 6.24. The number of nitrogens with zero attached hydrogens (tertiary/aromatic N) is 4. The highest BCUT2D eigenvalue weighted by molar-refractivity contribution is 6.04. The Morgan fingerprint density at radius 1 is 0.914 bits per heavy atom. The molecule has 0 aliphatic heterocycles. The molecule has 0 aliphatic rings. The van der Waals surface area contributed by atoms with E-state index in [2.05, 4.69) is 39.0 Å². The largest absolute Gasteiger partial charge is 0.477 e. The van der Waals surface area contributed by atoms with Crippen LogP contribution in [0.3, 0.4) is 0 Å². The lowest BCUT2D eigenvalue weighted by Crippen LogP contribution is -2.28. The molecule has 0 aliphatic carbocycles. The van der Waals surface area contributed by atoms with Crippen molar-refractivity contribution in [2.24, 2.45) is 0 Å². The minimum absolute atomic E-state index is 0.271. The van der Waals surface area contributed by atoms with Gasteiger partial charge in [0.15, 0.2) is 0 Å². The number of fused-ring (bicyclic) bond motifs is 1. The second-order valence-corrected chi connectivity index (χ2v) is 8.31. The number of benzene rings is 2. The Morgan fingerprint density at radius 3 is 2.43 bits per heavy atom. The van der Waals surface area contributed by atoms with Crippen molar-refractivity contribution in [3.63, 3.8) is 0 Å². The number of rotatable bonds is 11. The van der Waals surface area contributed by atoms with Gasteiger partial charge in [0.2, 0.25) is 11.8 Å². The fourth-order valence-electron chi connectivity index (χ4n) is 3.86. The van der Waals surface area contributed by atoms with Gasteiger partial charge in [-0.2, -0.15) is 4.98 Å². The molecule has 7 nitrogen and oxygen atoms in total. The number of hydrogen-bond donors (Lipinski definition) is 1. The van der Waals surface area contributed by atoms with Crippen molar-refractivity contribution < 1.29 is 9.53 Å². The maximum absolute atomic E-state index is 13.2. The summed E-state index contributed by atoms with van der Waals surface area (Å²) < 4.78 is 5.96. The molecule has 2 aromatic heterocycles. The van der Waals surface area contributed by atoms with E-state index in [0.717, 1.165) is 42.4 Å². The van der Waals surface area contributed by atoms with Crippen LogP contribution >= 0.6 is 0 Å². The monoisotopic (exact) mass is 469 g/mol. The van der Waals surface area contributed by atoms with E-state index in [9.17, 15) is 4.79 Å². The number of anilines is 2. The number of amides is 1. The quantitative estimate of drug-likeness (QED) is 0.311. The Kier molecular flexibility index (Phi) is 8.22. The molecule has 0 fully saturated rings. The first-order valence-electron chi connectivity index (χ1n) is 12.1. The highest BCUT2D eigenvalue weighted by Gasteiger charge is 2.17. The number of carbonyl (C=O) groups excluding carboxylic acids is 1. The number of aromatic nitrogens is 3. The van der Waals surface area contributed by atoms with E-state index in [-0.39, 0.29) is 11.6 Å². The van der Waals surface area contributed by atoms with Crippen LogP contribution in [0.15, 0.2) is 72.9 Å².